The molecule has 33 heavy (non-hydrogen) atoms. The fraction of sp³-hybridized carbons (Fsp3) is 0.222. The molecule has 1 aromatic heterocycles. The van der Waals surface area contributed by atoms with Crippen LogP contribution in [0.3, 0.4) is 0 Å². The fourth-order valence-corrected chi connectivity index (χ4v) is 6.57. The van der Waals surface area contributed by atoms with Gasteiger partial charge in [0.15, 0.2) is 0 Å². The maximum absolute atomic E-state index is 13.1. The van der Waals surface area contributed by atoms with Crippen molar-refractivity contribution in [1.29, 1.82) is 0 Å². The quantitative estimate of drug-likeness (QED) is 0.332. The molecule has 2 fully saturated rings. The predicted molar refractivity (Wildman–Crippen MR) is 138 cm³/mol. The minimum atomic E-state index is -0.0109. The van der Waals surface area contributed by atoms with E-state index in [2.05, 4.69) is 40.2 Å². The highest BCUT2D eigenvalue weighted by Gasteiger charge is 2.42. The van der Waals surface area contributed by atoms with Crippen molar-refractivity contribution in [2.75, 3.05) is 4.90 Å². The zero-order valence-corrected chi connectivity index (χ0v) is 19.7. The van der Waals surface area contributed by atoms with Crippen LogP contribution in [0.15, 0.2) is 77.8 Å². The molecule has 1 aliphatic carbocycles. The molecule has 3 aromatic rings. The van der Waals surface area contributed by atoms with Gasteiger partial charge in [-0.2, -0.15) is 0 Å². The molecule has 4 nitrogen and oxygen atoms in total. The van der Waals surface area contributed by atoms with Crippen LogP contribution in [0, 0.1) is 0 Å². The lowest BCUT2D eigenvalue weighted by molar-refractivity contribution is -0.122. The molecule has 6 heteroatoms. The Kier molecular flexibility index (Phi) is 5.27. The molecule has 2 unspecified atom stereocenters. The molecular weight excluding hydrogens is 446 g/mol. The zero-order valence-electron chi connectivity index (χ0n) is 18.1. The van der Waals surface area contributed by atoms with Gasteiger partial charge in [-0.25, -0.2) is 4.98 Å². The number of hydrogen-bond donors (Lipinski definition) is 0. The van der Waals surface area contributed by atoms with Crippen molar-refractivity contribution >= 4 is 51.8 Å². The third kappa shape index (κ3) is 3.67. The van der Waals surface area contributed by atoms with E-state index in [0.717, 1.165) is 16.9 Å². The monoisotopic (exact) mass is 469 g/mol. The maximum Gasteiger partial charge on any atom is 0.266 e. The average Bonchev–Trinajstić information content (AvgIpc) is 3.50. The van der Waals surface area contributed by atoms with Gasteiger partial charge in [-0.15, -0.1) is 0 Å². The molecule has 3 aliphatic rings. The summed E-state index contributed by atoms with van der Waals surface area (Å²) in [5.74, 6) is 1.52. The van der Waals surface area contributed by atoms with E-state index in [1.165, 1.54) is 42.3 Å². The average molecular weight is 470 g/mol. The molecule has 2 aromatic carbocycles. The predicted octanol–water partition coefficient (Wildman–Crippen LogP) is 6.27. The Morgan fingerprint density at radius 1 is 1.06 bits per heavy atom. The second-order valence-electron chi connectivity index (χ2n) is 8.73. The number of hydrogen-bond acceptors (Lipinski definition) is 5. The van der Waals surface area contributed by atoms with E-state index in [1.54, 1.807) is 4.90 Å². The number of thiocarbonyl (C=S) groups is 1. The Morgan fingerprint density at radius 2 is 1.91 bits per heavy atom. The van der Waals surface area contributed by atoms with E-state index in [9.17, 15) is 4.79 Å². The number of fused-ring (bicyclic) bond motifs is 3. The molecule has 0 spiro atoms. The summed E-state index contributed by atoms with van der Waals surface area (Å²) < 4.78 is 0.619. The van der Waals surface area contributed by atoms with Gasteiger partial charge in [0, 0.05) is 23.8 Å². The summed E-state index contributed by atoms with van der Waals surface area (Å²) in [6, 6.07) is 23.1. The maximum atomic E-state index is 13.1. The Balaban J connectivity index is 1.30. The van der Waals surface area contributed by atoms with Crippen molar-refractivity contribution in [3.8, 4) is 0 Å². The van der Waals surface area contributed by atoms with Crippen LogP contribution in [-0.4, -0.2) is 26.2 Å². The molecule has 0 radical (unpaired) electrons. The number of rotatable bonds is 4. The van der Waals surface area contributed by atoms with Gasteiger partial charge in [0.2, 0.25) is 0 Å². The van der Waals surface area contributed by atoms with Crippen LogP contribution in [0.5, 0.6) is 0 Å². The normalized spacial score (nSPS) is 22.8. The number of amides is 1. The van der Waals surface area contributed by atoms with Gasteiger partial charge in [-0.3, -0.25) is 9.69 Å². The van der Waals surface area contributed by atoms with E-state index in [1.807, 2.05) is 48.7 Å². The Labute approximate surface area is 203 Å². The number of benzene rings is 2. The number of carbonyl (C=O) groups is 1. The van der Waals surface area contributed by atoms with Crippen LogP contribution in [-0.2, 0) is 11.3 Å². The standard InChI is InChI=1S/C27H23N3OS2/c31-26-24(33-27(32)29(26)17-18-7-2-1-3-8-18)16-19-12-13-23-21(15-19)20-9-6-10-22(20)30(23)25-11-4-5-14-28-25/h1-5,7-8,11-16,20,22H,6,9-10,17H2. The van der Waals surface area contributed by atoms with E-state index in [-0.39, 0.29) is 5.91 Å². The van der Waals surface area contributed by atoms with Gasteiger partial charge in [0.1, 0.15) is 10.1 Å². The molecule has 6 rings (SSSR count). The first-order chi connectivity index (χ1) is 16.2. The van der Waals surface area contributed by atoms with Crippen molar-refractivity contribution in [3.05, 3.63) is 94.5 Å². The number of thioether (sulfide) groups is 1. The van der Waals surface area contributed by atoms with E-state index >= 15 is 0 Å². The molecule has 164 valence electrons. The fourth-order valence-electron chi connectivity index (χ4n) is 5.31. The second kappa shape index (κ2) is 8.43. The van der Waals surface area contributed by atoms with Crippen molar-refractivity contribution < 1.29 is 4.79 Å². The number of carbonyl (C=O) groups excluding carboxylic acids is 1. The third-order valence-corrected chi connectivity index (χ3v) is 8.15. The van der Waals surface area contributed by atoms with Crippen LogP contribution in [0.25, 0.3) is 6.08 Å². The van der Waals surface area contributed by atoms with Crippen molar-refractivity contribution in [1.82, 2.24) is 9.88 Å². The summed E-state index contributed by atoms with van der Waals surface area (Å²) in [7, 11) is 0. The summed E-state index contributed by atoms with van der Waals surface area (Å²) in [4.78, 5) is 22.5. The topological polar surface area (TPSA) is 36.4 Å². The first-order valence-corrected chi connectivity index (χ1v) is 12.5. The van der Waals surface area contributed by atoms with Gasteiger partial charge in [-0.1, -0.05) is 72.9 Å². The molecule has 3 heterocycles. The van der Waals surface area contributed by atoms with Gasteiger partial charge in [0.25, 0.3) is 5.91 Å². The lowest BCUT2D eigenvalue weighted by Crippen LogP contribution is -2.27. The van der Waals surface area contributed by atoms with Crippen molar-refractivity contribution in [3.63, 3.8) is 0 Å². The van der Waals surface area contributed by atoms with E-state index in [4.69, 9.17) is 12.2 Å². The molecule has 1 saturated heterocycles. The van der Waals surface area contributed by atoms with Gasteiger partial charge < -0.3 is 4.90 Å². The summed E-state index contributed by atoms with van der Waals surface area (Å²) in [6.45, 7) is 0.510. The van der Waals surface area contributed by atoms with E-state index < -0.39 is 0 Å². The van der Waals surface area contributed by atoms with Gasteiger partial charge >= 0.3 is 0 Å². The highest BCUT2D eigenvalue weighted by Crippen LogP contribution is 2.52. The van der Waals surface area contributed by atoms with Crippen molar-refractivity contribution in [2.24, 2.45) is 0 Å². The molecule has 2 aliphatic heterocycles. The van der Waals surface area contributed by atoms with Gasteiger partial charge in [0.05, 0.1) is 11.4 Å². The number of aromatic nitrogens is 1. The molecular formula is C27H23N3OS2. The third-order valence-electron chi connectivity index (χ3n) is 6.77. The van der Waals surface area contributed by atoms with Crippen LogP contribution in [0.2, 0.25) is 0 Å². The summed E-state index contributed by atoms with van der Waals surface area (Å²) in [5, 5.41) is 0. The largest absolute Gasteiger partial charge is 0.322 e. The minimum Gasteiger partial charge on any atom is -0.322 e. The Hall–Kier alpha value is -2.96. The van der Waals surface area contributed by atoms with Crippen molar-refractivity contribution in [2.45, 2.75) is 37.8 Å². The smallest absolute Gasteiger partial charge is 0.266 e. The molecule has 1 amide bonds. The van der Waals surface area contributed by atoms with Crippen LogP contribution >= 0.6 is 24.0 Å². The number of nitrogens with zero attached hydrogens (tertiary/aromatic N) is 3. The van der Waals surface area contributed by atoms with Crippen LogP contribution in [0.1, 0.15) is 41.9 Å². The molecule has 0 N–H and O–H groups in total. The Morgan fingerprint density at radius 3 is 2.73 bits per heavy atom. The summed E-state index contributed by atoms with van der Waals surface area (Å²) >= 11 is 6.93. The highest BCUT2D eigenvalue weighted by molar-refractivity contribution is 8.26. The number of pyridine rings is 1. The van der Waals surface area contributed by atoms with Gasteiger partial charge in [-0.05, 0) is 59.9 Å². The lowest BCUT2D eigenvalue weighted by atomic mass is 9.96. The van der Waals surface area contributed by atoms with Crippen LogP contribution < -0.4 is 4.90 Å². The Bertz CT molecular complexity index is 1260. The zero-order chi connectivity index (χ0) is 22.4. The lowest BCUT2D eigenvalue weighted by Gasteiger charge is -2.25. The first kappa shape index (κ1) is 20.6. The molecule has 0 bridgehead atoms. The van der Waals surface area contributed by atoms with Crippen LogP contribution in [0.4, 0.5) is 11.5 Å². The summed E-state index contributed by atoms with van der Waals surface area (Å²) in [6.07, 6.45) is 7.48. The first-order valence-electron chi connectivity index (χ1n) is 11.3. The molecule has 1 saturated carbocycles. The van der Waals surface area contributed by atoms with E-state index in [0.29, 0.717) is 27.7 Å². The highest BCUT2D eigenvalue weighted by atomic mass is 32.2. The second-order valence-corrected chi connectivity index (χ2v) is 10.4. The minimum absolute atomic E-state index is 0.0109. The molecule has 2 atom stereocenters. The number of anilines is 2. The summed E-state index contributed by atoms with van der Waals surface area (Å²) in [5.41, 5.74) is 4.76. The SMILES string of the molecule is O=C1C(=Cc2ccc3c(c2)C2CCCC2N3c2ccccn2)SC(=S)N1Cc1ccccc1.